The molecule has 0 aromatic carbocycles. The molecule has 0 aromatic rings. The fourth-order valence-electron chi connectivity index (χ4n) is 2.76. The van der Waals surface area contributed by atoms with Crippen LogP contribution in [0.2, 0.25) is 0 Å². The molecule has 2 heteroatoms. The van der Waals surface area contributed by atoms with Crippen LogP contribution in [-0.4, -0.2) is 11.6 Å². The highest BCUT2D eigenvalue weighted by Crippen LogP contribution is 2.53. The van der Waals surface area contributed by atoms with Crippen LogP contribution in [-0.2, 0) is 9.53 Å². The summed E-state index contributed by atoms with van der Waals surface area (Å²) in [7, 11) is 0. The van der Waals surface area contributed by atoms with Crippen molar-refractivity contribution >= 4 is 5.97 Å². The molecule has 1 fully saturated rings. The number of fused-ring (bicyclic) bond motifs is 1. The smallest absolute Gasteiger partial charge is 0.310 e. The molecule has 2 aliphatic carbocycles. The molecular formula is C14H22O2. The summed E-state index contributed by atoms with van der Waals surface area (Å²) in [5.74, 6) is 1.42. The molecule has 1 unspecified atom stereocenters. The summed E-state index contributed by atoms with van der Waals surface area (Å²) in [6, 6.07) is 0. The van der Waals surface area contributed by atoms with Gasteiger partial charge in [-0.05, 0) is 58.3 Å². The molecule has 3 atom stereocenters. The Morgan fingerprint density at radius 3 is 2.06 bits per heavy atom. The normalized spacial score (nSPS) is 35.6. The predicted molar refractivity (Wildman–Crippen MR) is 63.9 cm³/mol. The van der Waals surface area contributed by atoms with Gasteiger partial charge in [-0.25, -0.2) is 0 Å². The van der Waals surface area contributed by atoms with Crippen LogP contribution in [0.25, 0.3) is 0 Å². The summed E-state index contributed by atoms with van der Waals surface area (Å²) < 4.78 is 5.48. The maximum atomic E-state index is 12.0. The number of allylic oxidation sites excluding steroid dienone is 2. The van der Waals surface area contributed by atoms with Crippen LogP contribution in [0.1, 0.15) is 46.5 Å². The zero-order chi connectivity index (χ0) is 11.8. The van der Waals surface area contributed by atoms with E-state index in [4.69, 9.17) is 4.74 Å². The summed E-state index contributed by atoms with van der Waals surface area (Å²) in [6.07, 6.45) is 9.07. The van der Waals surface area contributed by atoms with Gasteiger partial charge in [0, 0.05) is 0 Å². The maximum Gasteiger partial charge on any atom is 0.310 e. The summed E-state index contributed by atoms with van der Waals surface area (Å²) in [5.41, 5.74) is -0.340. The first-order chi connectivity index (χ1) is 7.49. The fourth-order valence-corrected chi connectivity index (χ4v) is 2.76. The Kier molecular flexibility index (Phi) is 3.09. The number of carbonyl (C=O) groups excluding carboxylic acids is 1. The third-order valence-electron chi connectivity index (χ3n) is 3.51. The van der Waals surface area contributed by atoms with Gasteiger partial charge in [0.1, 0.15) is 5.60 Å². The molecule has 0 aliphatic heterocycles. The van der Waals surface area contributed by atoms with Crippen LogP contribution in [0.5, 0.6) is 0 Å². The Morgan fingerprint density at radius 2 is 1.62 bits per heavy atom. The van der Waals surface area contributed by atoms with Crippen LogP contribution in [0.15, 0.2) is 12.2 Å². The molecule has 2 rings (SSSR count). The van der Waals surface area contributed by atoms with Crippen molar-refractivity contribution in [1.82, 2.24) is 0 Å². The molecule has 0 heterocycles. The van der Waals surface area contributed by atoms with Gasteiger partial charge in [0.2, 0.25) is 0 Å². The van der Waals surface area contributed by atoms with E-state index in [0.717, 1.165) is 25.7 Å². The van der Waals surface area contributed by atoms with Crippen molar-refractivity contribution in [2.75, 3.05) is 0 Å². The fraction of sp³-hybridized carbons (Fsp3) is 0.786. The van der Waals surface area contributed by atoms with Crippen molar-refractivity contribution in [2.45, 2.75) is 52.1 Å². The molecule has 0 amide bonds. The van der Waals surface area contributed by atoms with E-state index >= 15 is 0 Å². The summed E-state index contributed by atoms with van der Waals surface area (Å²) >= 11 is 0. The lowest BCUT2D eigenvalue weighted by molar-refractivity contribution is -0.157. The highest BCUT2D eigenvalue weighted by atomic mass is 16.6. The molecular weight excluding hydrogens is 200 g/mol. The van der Waals surface area contributed by atoms with E-state index in [1.165, 1.54) is 0 Å². The summed E-state index contributed by atoms with van der Waals surface area (Å²) in [4.78, 5) is 12.0. The van der Waals surface area contributed by atoms with Gasteiger partial charge < -0.3 is 4.74 Å². The Balaban J connectivity index is 1.91. The van der Waals surface area contributed by atoms with Gasteiger partial charge in [-0.15, -0.1) is 0 Å². The quantitative estimate of drug-likeness (QED) is 0.502. The Bertz CT molecular complexity index is 282. The molecule has 0 saturated heterocycles. The van der Waals surface area contributed by atoms with E-state index in [-0.39, 0.29) is 17.5 Å². The lowest BCUT2D eigenvalue weighted by atomic mass is 10.1. The second kappa shape index (κ2) is 4.23. The first kappa shape index (κ1) is 11.7. The highest BCUT2D eigenvalue weighted by Gasteiger charge is 2.54. The van der Waals surface area contributed by atoms with Crippen LogP contribution < -0.4 is 0 Å². The van der Waals surface area contributed by atoms with Crippen LogP contribution in [0, 0.1) is 17.8 Å². The average molecular weight is 222 g/mol. The van der Waals surface area contributed by atoms with E-state index in [9.17, 15) is 4.79 Å². The van der Waals surface area contributed by atoms with Gasteiger partial charge in [-0.2, -0.15) is 0 Å². The average Bonchev–Trinajstić information content (AvgIpc) is 2.73. The summed E-state index contributed by atoms with van der Waals surface area (Å²) in [6.45, 7) is 5.82. The minimum atomic E-state index is -0.340. The monoisotopic (exact) mass is 222 g/mol. The molecule has 1 saturated carbocycles. The van der Waals surface area contributed by atoms with Crippen molar-refractivity contribution < 1.29 is 9.53 Å². The zero-order valence-corrected chi connectivity index (χ0v) is 10.5. The summed E-state index contributed by atoms with van der Waals surface area (Å²) in [5, 5.41) is 0. The number of ether oxygens (including phenoxy) is 1. The van der Waals surface area contributed by atoms with Gasteiger partial charge >= 0.3 is 5.97 Å². The largest absolute Gasteiger partial charge is 0.460 e. The standard InChI is InChI=1S/C14H22O2/c1-14(2,3)16-13(15)12-10-8-6-4-5-7-9-11(10)12/h4-5,10-12H,6-9H2,1-3H3/b5-4-/t10-,11+,12?. The Morgan fingerprint density at radius 1 is 1.12 bits per heavy atom. The first-order valence-corrected chi connectivity index (χ1v) is 6.37. The molecule has 0 bridgehead atoms. The third-order valence-corrected chi connectivity index (χ3v) is 3.51. The molecule has 16 heavy (non-hydrogen) atoms. The molecule has 2 nitrogen and oxygen atoms in total. The van der Waals surface area contributed by atoms with E-state index in [1.807, 2.05) is 20.8 Å². The van der Waals surface area contributed by atoms with Crippen LogP contribution in [0.4, 0.5) is 0 Å². The molecule has 0 N–H and O–H groups in total. The topological polar surface area (TPSA) is 26.3 Å². The van der Waals surface area contributed by atoms with Crippen molar-refractivity contribution in [3.05, 3.63) is 12.2 Å². The number of carbonyl (C=O) groups is 1. The highest BCUT2D eigenvalue weighted by molar-refractivity contribution is 5.77. The number of hydrogen-bond donors (Lipinski definition) is 0. The predicted octanol–water partition coefficient (Wildman–Crippen LogP) is 3.32. The van der Waals surface area contributed by atoms with Gasteiger partial charge in [0.15, 0.2) is 0 Å². The lowest BCUT2D eigenvalue weighted by Gasteiger charge is -2.19. The molecule has 90 valence electrons. The van der Waals surface area contributed by atoms with Gasteiger partial charge in [0.25, 0.3) is 0 Å². The van der Waals surface area contributed by atoms with Gasteiger partial charge in [-0.3, -0.25) is 4.79 Å². The molecule has 0 radical (unpaired) electrons. The number of esters is 1. The van der Waals surface area contributed by atoms with Crippen LogP contribution >= 0.6 is 0 Å². The minimum absolute atomic E-state index is 0.0319. The second-order valence-electron chi connectivity index (χ2n) is 6.01. The van der Waals surface area contributed by atoms with Gasteiger partial charge in [0.05, 0.1) is 5.92 Å². The van der Waals surface area contributed by atoms with Crippen molar-refractivity contribution in [1.29, 1.82) is 0 Å². The maximum absolute atomic E-state index is 12.0. The van der Waals surface area contributed by atoms with E-state index in [1.54, 1.807) is 0 Å². The lowest BCUT2D eigenvalue weighted by Crippen LogP contribution is -2.25. The Labute approximate surface area is 98.1 Å². The van der Waals surface area contributed by atoms with Crippen molar-refractivity contribution in [3.8, 4) is 0 Å². The zero-order valence-electron chi connectivity index (χ0n) is 10.5. The first-order valence-electron chi connectivity index (χ1n) is 6.37. The van der Waals surface area contributed by atoms with Crippen molar-refractivity contribution in [3.63, 3.8) is 0 Å². The second-order valence-corrected chi connectivity index (χ2v) is 6.01. The Hall–Kier alpha value is -0.790. The van der Waals surface area contributed by atoms with E-state index in [0.29, 0.717) is 11.8 Å². The number of hydrogen-bond acceptors (Lipinski definition) is 2. The third kappa shape index (κ3) is 2.66. The van der Waals surface area contributed by atoms with E-state index < -0.39 is 0 Å². The SMILES string of the molecule is CC(C)(C)OC(=O)C1[C@H]2CC/C=C\CC[C@@H]12. The molecule has 2 aliphatic rings. The van der Waals surface area contributed by atoms with E-state index in [2.05, 4.69) is 12.2 Å². The van der Waals surface area contributed by atoms with Gasteiger partial charge in [-0.1, -0.05) is 12.2 Å². The minimum Gasteiger partial charge on any atom is -0.460 e. The van der Waals surface area contributed by atoms with Crippen molar-refractivity contribution in [2.24, 2.45) is 17.8 Å². The van der Waals surface area contributed by atoms with Crippen LogP contribution in [0.3, 0.4) is 0 Å². The number of rotatable bonds is 1. The molecule has 0 spiro atoms. The molecule has 0 aromatic heterocycles.